The van der Waals surface area contributed by atoms with Gasteiger partial charge >= 0.3 is 6.09 Å². The van der Waals surface area contributed by atoms with Gasteiger partial charge in [0.15, 0.2) is 5.96 Å². The van der Waals surface area contributed by atoms with Gasteiger partial charge < -0.3 is 25.4 Å². The summed E-state index contributed by atoms with van der Waals surface area (Å²) in [5.41, 5.74) is 5.91. The first-order valence-electron chi connectivity index (χ1n) is 8.45. The number of aliphatic imine (C=N–C) groups is 1. The zero-order valence-corrected chi connectivity index (χ0v) is 15.2. The molecule has 0 saturated carbocycles. The van der Waals surface area contributed by atoms with E-state index >= 15 is 0 Å². The van der Waals surface area contributed by atoms with Crippen LogP contribution in [0.1, 0.15) is 19.8 Å². The molecule has 1 saturated heterocycles. The summed E-state index contributed by atoms with van der Waals surface area (Å²) >= 11 is 5.82. The zero-order valence-electron chi connectivity index (χ0n) is 14.4. The number of nitrogens with one attached hydrogen (secondary N) is 1. The smallest absolute Gasteiger partial charge is 0.409 e. The molecule has 1 heterocycles. The third kappa shape index (κ3) is 6.70. The molecule has 1 amide bonds. The number of carbonyl (C=O) groups excluding carboxylic acids is 1. The number of ether oxygens (including phenoxy) is 2. The first kappa shape index (κ1) is 19.2. The summed E-state index contributed by atoms with van der Waals surface area (Å²) in [6.07, 6.45) is 1.38. The van der Waals surface area contributed by atoms with Gasteiger partial charge in [-0.1, -0.05) is 11.6 Å². The Morgan fingerprint density at radius 2 is 2.04 bits per heavy atom. The molecular weight excluding hydrogens is 344 g/mol. The molecule has 1 aromatic carbocycles. The van der Waals surface area contributed by atoms with Crippen molar-refractivity contribution in [2.75, 3.05) is 32.8 Å². The molecule has 0 spiro atoms. The zero-order chi connectivity index (χ0) is 18.1. The first-order chi connectivity index (χ1) is 12.1. The first-order valence-corrected chi connectivity index (χ1v) is 8.82. The number of nitrogens with two attached hydrogens (primary N) is 1. The van der Waals surface area contributed by atoms with Crippen LogP contribution in [0.3, 0.4) is 0 Å². The molecule has 0 atom stereocenters. The van der Waals surface area contributed by atoms with E-state index in [0.29, 0.717) is 43.8 Å². The molecule has 138 valence electrons. The van der Waals surface area contributed by atoms with Crippen molar-refractivity contribution in [2.45, 2.75) is 25.8 Å². The Kier molecular flexibility index (Phi) is 7.66. The van der Waals surface area contributed by atoms with E-state index in [1.165, 1.54) is 0 Å². The van der Waals surface area contributed by atoms with Gasteiger partial charge in [-0.15, -0.1) is 0 Å². The van der Waals surface area contributed by atoms with Crippen LogP contribution in [0.5, 0.6) is 5.75 Å². The largest absolute Gasteiger partial charge is 0.492 e. The molecule has 0 aromatic heterocycles. The minimum absolute atomic E-state index is 0.214. The summed E-state index contributed by atoms with van der Waals surface area (Å²) in [5, 5.41) is 3.87. The van der Waals surface area contributed by atoms with E-state index in [9.17, 15) is 4.79 Å². The molecule has 1 aromatic rings. The predicted molar refractivity (Wildman–Crippen MR) is 98.2 cm³/mol. The number of carbonyl (C=O) groups is 1. The number of rotatable bonds is 6. The number of piperidine rings is 1. The van der Waals surface area contributed by atoms with Crippen LogP contribution in [-0.4, -0.2) is 55.8 Å². The molecule has 0 aliphatic carbocycles. The molecule has 0 radical (unpaired) electrons. The summed E-state index contributed by atoms with van der Waals surface area (Å²) in [5.74, 6) is 1.15. The van der Waals surface area contributed by atoms with Crippen molar-refractivity contribution in [3.05, 3.63) is 29.3 Å². The fourth-order valence-electron chi connectivity index (χ4n) is 2.54. The maximum absolute atomic E-state index is 11.7. The van der Waals surface area contributed by atoms with Crippen molar-refractivity contribution in [1.29, 1.82) is 0 Å². The number of benzene rings is 1. The van der Waals surface area contributed by atoms with Crippen molar-refractivity contribution < 1.29 is 14.3 Å². The highest BCUT2D eigenvalue weighted by Gasteiger charge is 2.23. The Morgan fingerprint density at radius 3 is 2.68 bits per heavy atom. The third-order valence-electron chi connectivity index (χ3n) is 3.83. The fourth-order valence-corrected chi connectivity index (χ4v) is 2.66. The summed E-state index contributed by atoms with van der Waals surface area (Å²) in [4.78, 5) is 17.6. The van der Waals surface area contributed by atoms with E-state index in [4.69, 9.17) is 26.8 Å². The molecular formula is C17H25ClN4O3. The van der Waals surface area contributed by atoms with Gasteiger partial charge in [-0.25, -0.2) is 9.79 Å². The number of likely N-dealkylation sites (tertiary alicyclic amines) is 1. The van der Waals surface area contributed by atoms with Gasteiger partial charge in [0, 0.05) is 24.2 Å². The van der Waals surface area contributed by atoms with Gasteiger partial charge in [-0.3, -0.25) is 0 Å². The fraction of sp³-hybridized carbons (Fsp3) is 0.529. The lowest BCUT2D eigenvalue weighted by molar-refractivity contribution is 0.0963. The van der Waals surface area contributed by atoms with Crippen LogP contribution in [0, 0.1) is 0 Å². The van der Waals surface area contributed by atoms with Crippen LogP contribution in [-0.2, 0) is 4.74 Å². The van der Waals surface area contributed by atoms with Crippen molar-refractivity contribution in [1.82, 2.24) is 10.2 Å². The lowest BCUT2D eigenvalue weighted by atomic mass is 10.1. The topological polar surface area (TPSA) is 89.2 Å². The number of hydrogen-bond acceptors (Lipinski definition) is 4. The highest BCUT2D eigenvalue weighted by Crippen LogP contribution is 2.15. The van der Waals surface area contributed by atoms with Gasteiger partial charge in [0.05, 0.1) is 13.2 Å². The SMILES string of the molecule is CCOC(=O)N1CCC(NC(N)=NCCOc2ccc(Cl)cc2)CC1. The molecule has 0 unspecified atom stereocenters. The molecule has 25 heavy (non-hydrogen) atoms. The molecule has 7 nitrogen and oxygen atoms in total. The monoisotopic (exact) mass is 368 g/mol. The maximum atomic E-state index is 11.7. The van der Waals surface area contributed by atoms with Gasteiger partial charge in [-0.05, 0) is 44.0 Å². The molecule has 2 rings (SSSR count). The van der Waals surface area contributed by atoms with Crippen LogP contribution in [0.2, 0.25) is 5.02 Å². The van der Waals surface area contributed by atoms with E-state index < -0.39 is 0 Å². The minimum atomic E-state index is -0.248. The summed E-state index contributed by atoms with van der Waals surface area (Å²) in [7, 11) is 0. The highest BCUT2D eigenvalue weighted by molar-refractivity contribution is 6.30. The Balaban J connectivity index is 1.64. The van der Waals surface area contributed by atoms with E-state index in [1.807, 2.05) is 12.1 Å². The lowest BCUT2D eigenvalue weighted by Crippen LogP contribution is -2.48. The Morgan fingerprint density at radius 1 is 1.36 bits per heavy atom. The molecule has 1 aliphatic heterocycles. The minimum Gasteiger partial charge on any atom is -0.492 e. The van der Waals surface area contributed by atoms with Crippen molar-refractivity contribution in [3.8, 4) is 5.75 Å². The molecule has 1 fully saturated rings. The third-order valence-corrected chi connectivity index (χ3v) is 4.08. The van der Waals surface area contributed by atoms with Crippen molar-refractivity contribution >= 4 is 23.7 Å². The number of nitrogens with zero attached hydrogens (tertiary/aromatic N) is 2. The van der Waals surface area contributed by atoms with Crippen LogP contribution in [0.4, 0.5) is 4.79 Å². The quantitative estimate of drug-likeness (QED) is 0.456. The van der Waals surface area contributed by atoms with Crippen LogP contribution < -0.4 is 15.8 Å². The van der Waals surface area contributed by atoms with Crippen molar-refractivity contribution in [2.24, 2.45) is 10.7 Å². The molecule has 0 bridgehead atoms. The second-order valence-electron chi connectivity index (χ2n) is 5.67. The average Bonchev–Trinajstić information content (AvgIpc) is 2.61. The van der Waals surface area contributed by atoms with Crippen LogP contribution in [0.25, 0.3) is 0 Å². The van der Waals surface area contributed by atoms with E-state index in [2.05, 4.69) is 10.3 Å². The van der Waals surface area contributed by atoms with Gasteiger partial charge in [0.2, 0.25) is 0 Å². The van der Waals surface area contributed by atoms with E-state index in [0.717, 1.165) is 18.6 Å². The van der Waals surface area contributed by atoms with Crippen LogP contribution in [0.15, 0.2) is 29.3 Å². The number of hydrogen-bond donors (Lipinski definition) is 2. The average molecular weight is 369 g/mol. The van der Waals surface area contributed by atoms with Crippen LogP contribution >= 0.6 is 11.6 Å². The Labute approximate surface area is 153 Å². The van der Waals surface area contributed by atoms with Gasteiger partial charge in [-0.2, -0.15) is 0 Å². The number of guanidine groups is 1. The van der Waals surface area contributed by atoms with E-state index in [-0.39, 0.29) is 12.1 Å². The summed E-state index contributed by atoms with van der Waals surface area (Å²) in [6, 6.07) is 7.39. The second-order valence-corrected chi connectivity index (χ2v) is 6.11. The second kappa shape index (κ2) is 9.98. The normalized spacial score (nSPS) is 15.8. The van der Waals surface area contributed by atoms with E-state index in [1.54, 1.807) is 24.0 Å². The highest BCUT2D eigenvalue weighted by atomic mass is 35.5. The molecule has 8 heteroatoms. The standard InChI is InChI=1S/C17H25ClN4O3/c1-2-24-17(23)22-10-7-14(8-11-22)21-16(19)20-9-12-25-15-5-3-13(18)4-6-15/h3-6,14H,2,7-12H2,1H3,(H3,19,20,21). The number of amides is 1. The van der Waals surface area contributed by atoms with Gasteiger partial charge in [0.1, 0.15) is 12.4 Å². The maximum Gasteiger partial charge on any atom is 0.409 e. The Hall–Kier alpha value is -2.15. The number of halogens is 1. The van der Waals surface area contributed by atoms with Gasteiger partial charge in [0.25, 0.3) is 0 Å². The van der Waals surface area contributed by atoms with Crippen molar-refractivity contribution in [3.63, 3.8) is 0 Å². The molecule has 3 N–H and O–H groups in total. The Bertz CT molecular complexity index is 572. The summed E-state index contributed by atoms with van der Waals surface area (Å²) < 4.78 is 10.6. The summed E-state index contributed by atoms with van der Waals surface area (Å²) in [6.45, 7) is 4.41. The molecule has 1 aliphatic rings. The lowest BCUT2D eigenvalue weighted by Gasteiger charge is -2.31. The predicted octanol–water partition coefficient (Wildman–Crippen LogP) is 2.24.